The van der Waals surface area contributed by atoms with Crippen molar-refractivity contribution in [1.29, 1.82) is 0 Å². The van der Waals surface area contributed by atoms with Crippen molar-refractivity contribution in [3.05, 3.63) is 17.0 Å². The minimum atomic E-state index is 0.937. The van der Waals surface area contributed by atoms with Gasteiger partial charge in [-0.15, -0.1) is 0 Å². The summed E-state index contributed by atoms with van der Waals surface area (Å²) in [6, 6.07) is 0. The third-order valence-electron chi connectivity index (χ3n) is 2.23. The van der Waals surface area contributed by atoms with Gasteiger partial charge in [0.25, 0.3) is 0 Å². The number of fused-ring (bicyclic) bond motifs is 1. The molecule has 0 N–H and O–H groups in total. The minimum absolute atomic E-state index is 0.937. The first-order chi connectivity index (χ1) is 5.27. The van der Waals surface area contributed by atoms with Gasteiger partial charge in [-0.05, 0) is 20.4 Å². The third kappa shape index (κ3) is 1.05. The van der Waals surface area contributed by atoms with Gasteiger partial charge in [0, 0.05) is 18.7 Å². The van der Waals surface area contributed by atoms with Crippen molar-refractivity contribution in [2.45, 2.75) is 19.9 Å². The second-order valence-corrected chi connectivity index (χ2v) is 3.15. The van der Waals surface area contributed by atoms with Crippen LogP contribution in [0.15, 0.2) is 4.52 Å². The molecular formula is C8H12N2O. The molecule has 0 radical (unpaired) electrons. The lowest BCUT2D eigenvalue weighted by atomic mass is 10.1. The van der Waals surface area contributed by atoms with Crippen LogP contribution in [0.5, 0.6) is 0 Å². The highest BCUT2D eigenvalue weighted by Gasteiger charge is 2.18. The van der Waals surface area contributed by atoms with Gasteiger partial charge in [0.2, 0.25) is 0 Å². The molecule has 3 nitrogen and oxygen atoms in total. The molecule has 2 heterocycles. The van der Waals surface area contributed by atoms with E-state index in [9.17, 15) is 0 Å². The van der Waals surface area contributed by atoms with Gasteiger partial charge in [-0.25, -0.2) is 0 Å². The van der Waals surface area contributed by atoms with Gasteiger partial charge in [-0.2, -0.15) is 0 Å². The standard InChI is InChI=1S/C8H12N2O/c1-6-7-3-4-10(2)5-8(7)9-11-6/h3-5H2,1-2H3. The van der Waals surface area contributed by atoms with Crippen LogP contribution in [0.25, 0.3) is 0 Å². The van der Waals surface area contributed by atoms with Crippen LogP contribution < -0.4 is 0 Å². The normalized spacial score (nSPS) is 18.4. The van der Waals surface area contributed by atoms with Crippen molar-refractivity contribution in [2.75, 3.05) is 13.6 Å². The summed E-state index contributed by atoms with van der Waals surface area (Å²) in [5, 5.41) is 3.99. The van der Waals surface area contributed by atoms with Crippen molar-refractivity contribution >= 4 is 0 Å². The molecule has 0 saturated carbocycles. The van der Waals surface area contributed by atoms with Gasteiger partial charge in [0.05, 0.1) is 0 Å². The summed E-state index contributed by atoms with van der Waals surface area (Å²) in [7, 11) is 2.10. The van der Waals surface area contributed by atoms with Crippen molar-refractivity contribution in [3.63, 3.8) is 0 Å². The third-order valence-corrected chi connectivity index (χ3v) is 2.23. The topological polar surface area (TPSA) is 29.3 Å². The number of aromatic nitrogens is 1. The second kappa shape index (κ2) is 2.34. The van der Waals surface area contributed by atoms with E-state index in [-0.39, 0.29) is 0 Å². The molecule has 1 aromatic rings. The number of hydrogen-bond acceptors (Lipinski definition) is 3. The fourth-order valence-corrected chi connectivity index (χ4v) is 1.52. The Bertz CT molecular complexity index is 267. The van der Waals surface area contributed by atoms with Crippen LogP contribution in [0, 0.1) is 6.92 Å². The molecule has 0 aromatic carbocycles. The second-order valence-electron chi connectivity index (χ2n) is 3.15. The zero-order valence-electron chi connectivity index (χ0n) is 6.92. The maximum atomic E-state index is 5.09. The van der Waals surface area contributed by atoms with E-state index in [1.54, 1.807) is 0 Å². The van der Waals surface area contributed by atoms with Crippen LogP contribution in [0.4, 0.5) is 0 Å². The first-order valence-electron chi connectivity index (χ1n) is 3.90. The Hall–Kier alpha value is -0.830. The van der Waals surface area contributed by atoms with E-state index in [0.717, 1.165) is 31.0 Å². The largest absolute Gasteiger partial charge is 0.361 e. The number of hydrogen-bond donors (Lipinski definition) is 0. The molecule has 1 aromatic heterocycles. The fourth-order valence-electron chi connectivity index (χ4n) is 1.52. The van der Waals surface area contributed by atoms with E-state index in [1.807, 2.05) is 6.92 Å². The van der Waals surface area contributed by atoms with Gasteiger partial charge in [-0.3, -0.25) is 0 Å². The van der Waals surface area contributed by atoms with Gasteiger partial charge in [0.15, 0.2) is 0 Å². The molecule has 0 fully saturated rings. The fraction of sp³-hybridized carbons (Fsp3) is 0.625. The van der Waals surface area contributed by atoms with Crippen LogP contribution in [-0.2, 0) is 13.0 Å². The molecule has 0 atom stereocenters. The first-order valence-corrected chi connectivity index (χ1v) is 3.90. The Kier molecular flexibility index (Phi) is 1.46. The van der Waals surface area contributed by atoms with Crippen molar-refractivity contribution in [2.24, 2.45) is 0 Å². The average molecular weight is 152 g/mol. The summed E-state index contributed by atoms with van der Waals surface area (Å²) in [6.07, 6.45) is 1.08. The van der Waals surface area contributed by atoms with E-state index in [1.165, 1.54) is 5.56 Å². The summed E-state index contributed by atoms with van der Waals surface area (Å²) < 4.78 is 5.09. The molecule has 1 aliphatic heterocycles. The van der Waals surface area contributed by atoms with Gasteiger partial charge >= 0.3 is 0 Å². The predicted octanol–water partition coefficient (Wildman–Crippen LogP) is 0.971. The molecule has 0 amide bonds. The molecule has 1 aliphatic rings. The Labute approximate surface area is 66.0 Å². The first kappa shape index (κ1) is 6.85. The number of rotatable bonds is 0. The molecule has 3 heteroatoms. The molecule has 0 bridgehead atoms. The van der Waals surface area contributed by atoms with Gasteiger partial charge in [-0.1, -0.05) is 5.16 Å². The molecule has 2 rings (SSSR count). The molecule has 0 spiro atoms. The van der Waals surface area contributed by atoms with Gasteiger partial charge in [0.1, 0.15) is 11.5 Å². The van der Waals surface area contributed by atoms with Crippen LogP contribution in [0.2, 0.25) is 0 Å². The number of likely N-dealkylation sites (N-methyl/N-ethyl adjacent to an activating group) is 1. The zero-order chi connectivity index (χ0) is 7.84. The van der Waals surface area contributed by atoms with Crippen molar-refractivity contribution in [1.82, 2.24) is 10.1 Å². The summed E-state index contributed by atoms with van der Waals surface area (Å²) in [4.78, 5) is 2.25. The van der Waals surface area contributed by atoms with E-state index in [0.29, 0.717) is 0 Å². The highest BCUT2D eigenvalue weighted by atomic mass is 16.5. The Morgan fingerprint density at radius 3 is 3.18 bits per heavy atom. The van der Waals surface area contributed by atoms with E-state index in [4.69, 9.17) is 4.52 Å². The Morgan fingerprint density at radius 2 is 2.36 bits per heavy atom. The highest BCUT2D eigenvalue weighted by molar-refractivity contribution is 5.24. The Morgan fingerprint density at radius 1 is 1.55 bits per heavy atom. The van der Waals surface area contributed by atoms with Crippen molar-refractivity contribution in [3.8, 4) is 0 Å². The summed E-state index contributed by atoms with van der Waals surface area (Å²) in [6.45, 7) is 4.04. The summed E-state index contributed by atoms with van der Waals surface area (Å²) in [5.41, 5.74) is 2.44. The molecule has 11 heavy (non-hydrogen) atoms. The van der Waals surface area contributed by atoms with E-state index in [2.05, 4.69) is 17.1 Å². The smallest absolute Gasteiger partial charge is 0.137 e. The quantitative estimate of drug-likeness (QED) is 0.554. The molecule has 60 valence electrons. The van der Waals surface area contributed by atoms with Gasteiger partial charge < -0.3 is 9.42 Å². The van der Waals surface area contributed by atoms with E-state index >= 15 is 0 Å². The maximum absolute atomic E-state index is 5.09. The van der Waals surface area contributed by atoms with Crippen molar-refractivity contribution < 1.29 is 4.52 Å². The van der Waals surface area contributed by atoms with E-state index < -0.39 is 0 Å². The SMILES string of the molecule is Cc1onc2c1CCN(C)C2. The Balaban J connectivity index is 2.36. The number of nitrogens with zero attached hydrogens (tertiary/aromatic N) is 2. The van der Waals surface area contributed by atoms with Crippen LogP contribution in [-0.4, -0.2) is 23.6 Å². The minimum Gasteiger partial charge on any atom is -0.361 e. The molecular weight excluding hydrogens is 140 g/mol. The zero-order valence-corrected chi connectivity index (χ0v) is 6.92. The average Bonchev–Trinajstić information content (AvgIpc) is 2.32. The molecule has 0 aliphatic carbocycles. The van der Waals surface area contributed by atoms with Crippen LogP contribution in [0.3, 0.4) is 0 Å². The molecule has 0 saturated heterocycles. The lowest BCUT2D eigenvalue weighted by molar-refractivity contribution is 0.302. The predicted molar refractivity (Wildman–Crippen MR) is 41.3 cm³/mol. The summed E-state index contributed by atoms with van der Waals surface area (Å²) >= 11 is 0. The summed E-state index contributed by atoms with van der Waals surface area (Å²) in [5.74, 6) is 0.994. The molecule has 0 unspecified atom stereocenters. The highest BCUT2D eigenvalue weighted by Crippen LogP contribution is 2.19. The monoisotopic (exact) mass is 152 g/mol. The lowest BCUT2D eigenvalue weighted by Gasteiger charge is -2.20. The van der Waals surface area contributed by atoms with Crippen LogP contribution >= 0.6 is 0 Å². The lowest BCUT2D eigenvalue weighted by Crippen LogP contribution is -2.26. The van der Waals surface area contributed by atoms with Crippen LogP contribution in [0.1, 0.15) is 17.0 Å². The number of aryl methyl sites for hydroxylation is 1. The maximum Gasteiger partial charge on any atom is 0.137 e.